The van der Waals surface area contributed by atoms with Gasteiger partial charge < -0.3 is 14.9 Å². The summed E-state index contributed by atoms with van der Waals surface area (Å²) in [4.78, 5) is 0. The van der Waals surface area contributed by atoms with E-state index in [4.69, 9.17) is 4.74 Å². The predicted octanol–water partition coefficient (Wildman–Crippen LogP) is 2.61. The van der Waals surface area contributed by atoms with Crippen LogP contribution in [0.15, 0.2) is 5.76 Å². The molecule has 0 unspecified atom stereocenters. The molecule has 0 aliphatic carbocycles. The summed E-state index contributed by atoms with van der Waals surface area (Å²) in [5.74, 6) is 1.10. The fourth-order valence-corrected chi connectivity index (χ4v) is 1.87. The average molecular weight is 206 g/mol. The molecule has 0 atom stereocenters. The lowest BCUT2D eigenvalue weighted by Gasteiger charge is -2.21. The van der Waals surface area contributed by atoms with Crippen molar-refractivity contribution < 1.29 is 14.9 Å². The molecule has 0 saturated heterocycles. The highest BCUT2D eigenvalue weighted by Gasteiger charge is 2.20. The maximum Gasteiger partial charge on any atom is 0.129 e. The molecular formula is C12H14O3. The van der Waals surface area contributed by atoms with E-state index in [-0.39, 0.29) is 11.5 Å². The highest BCUT2D eigenvalue weighted by molar-refractivity contribution is 5.69. The molecule has 0 fully saturated rings. The highest BCUT2D eigenvalue weighted by Crippen LogP contribution is 2.40. The summed E-state index contributed by atoms with van der Waals surface area (Å²) < 4.78 is 5.35. The summed E-state index contributed by atoms with van der Waals surface area (Å²) in [5.41, 5.74) is 2.94. The Hall–Kier alpha value is -1.64. The SMILES string of the molecule is CC1=Cc2c(C)c(O)c(C)c(O)c2CO1. The second-order valence-electron chi connectivity index (χ2n) is 3.88. The zero-order valence-corrected chi connectivity index (χ0v) is 9.09. The molecule has 0 aromatic heterocycles. The molecule has 0 bridgehead atoms. The minimum atomic E-state index is 0.136. The standard InChI is InChI=1S/C12H14O3/c1-6-4-9-7(2)11(13)8(3)12(14)10(9)5-15-6/h4,13-14H,5H2,1-3H3. The van der Waals surface area contributed by atoms with Crippen LogP contribution in [0, 0.1) is 13.8 Å². The van der Waals surface area contributed by atoms with Crippen molar-refractivity contribution in [3.8, 4) is 11.5 Å². The number of benzene rings is 1. The van der Waals surface area contributed by atoms with Gasteiger partial charge in [0, 0.05) is 11.1 Å². The maximum atomic E-state index is 9.87. The van der Waals surface area contributed by atoms with Gasteiger partial charge in [-0.25, -0.2) is 0 Å². The van der Waals surface area contributed by atoms with E-state index in [1.165, 1.54) is 0 Å². The van der Waals surface area contributed by atoms with Gasteiger partial charge in [0.2, 0.25) is 0 Å². The van der Waals surface area contributed by atoms with Crippen molar-refractivity contribution in [1.29, 1.82) is 0 Å². The van der Waals surface area contributed by atoms with Crippen LogP contribution in [-0.2, 0) is 11.3 Å². The molecular weight excluding hydrogens is 192 g/mol. The number of ether oxygens (including phenoxy) is 1. The maximum absolute atomic E-state index is 9.87. The van der Waals surface area contributed by atoms with E-state index in [0.29, 0.717) is 12.2 Å². The zero-order valence-electron chi connectivity index (χ0n) is 9.09. The van der Waals surface area contributed by atoms with Crippen molar-refractivity contribution in [1.82, 2.24) is 0 Å². The smallest absolute Gasteiger partial charge is 0.129 e. The molecule has 2 N–H and O–H groups in total. The molecule has 2 rings (SSSR count). The van der Waals surface area contributed by atoms with Crippen LogP contribution >= 0.6 is 0 Å². The number of phenols is 2. The molecule has 80 valence electrons. The second-order valence-corrected chi connectivity index (χ2v) is 3.88. The van der Waals surface area contributed by atoms with Crippen LogP contribution in [0.25, 0.3) is 6.08 Å². The first-order valence-corrected chi connectivity index (χ1v) is 4.87. The molecule has 0 spiro atoms. The Morgan fingerprint density at radius 1 is 1.07 bits per heavy atom. The van der Waals surface area contributed by atoms with E-state index >= 15 is 0 Å². The van der Waals surface area contributed by atoms with Crippen LogP contribution in [0.1, 0.15) is 29.2 Å². The Kier molecular flexibility index (Phi) is 2.11. The Morgan fingerprint density at radius 2 is 1.73 bits per heavy atom. The summed E-state index contributed by atoms with van der Waals surface area (Å²) >= 11 is 0. The fourth-order valence-electron chi connectivity index (χ4n) is 1.87. The van der Waals surface area contributed by atoms with Gasteiger partial charge in [-0.15, -0.1) is 0 Å². The van der Waals surface area contributed by atoms with E-state index in [9.17, 15) is 10.2 Å². The van der Waals surface area contributed by atoms with E-state index in [1.54, 1.807) is 6.92 Å². The first-order valence-electron chi connectivity index (χ1n) is 4.87. The summed E-state index contributed by atoms with van der Waals surface area (Å²) in [6, 6.07) is 0. The Labute approximate surface area is 88.6 Å². The van der Waals surface area contributed by atoms with Crippen molar-refractivity contribution in [3.63, 3.8) is 0 Å². The van der Waals surface area contributed by atoms with Gasteiger partial charge >= 0.3 is 0 Å². The highest BCUT2D eigenvalue weighted by atomic mass is 16.5. The summed E-state index contributed by atoms with van der Waals surface area (Å²) in [6.45, 7) is 5.76. The van der Waals surface area contributed by atoms with Gasteiger partial charge in [0.05, 0.1) is 5.76 Å². The monoisotopic (exact) mass is 206 g/mol. The summed E-state index contributed by atoms with van der Waals surface area (Å²) in [6.07, 6.45) is 1.84. The van der Waals surface area contributed by atoms with Crippen molar-refractivity contribution in [2.24, 2.45) is 0 Å². The van der Waals surface area contributed by atoms with Gasteiger partial charge in [-0.1, -0.05) is 0 Å². The van der Waals surface area contributed by atoms with Gasteiger partial charge in [-0.05, 0) is 38.0 Å². The lowest BCUT2D eigenvalue weighted by Crippen LogP contribution is -2.04. The van der Waals surface area contributed by atoms with Gasteiger partial charge in [-0.3, -0.25) is 0 Å². The van der Waals surface area contributed by atoms with Crippen molar-refractivity contribution >= 4 is 6.08 Å². The number of hydrogen-bond donors (Lipinski definition) is 2. The number of fused-ring (bicyclic) bond motifs is 1. The number of phenolic OH excluding ortho intramolecular Hbond substituents is 2. The van der Waals surface area contributed by atoms with Crippen molar-refractivity contribution in [2.45, 2.75) is 27.4 Å². The molecule has 3 nitrogen and oxygen atoms in total. The topological polar surface area (TPSA) is 49.7 Å². The largest absolute Gasteiger partial charge is 0.507 e. The first kappa shape index (κ1) is 9.90. The third-order valence-corrected chi connectivity index (χ3v) is 2.87. The molecule has 1 aliphatic heterocycles. The zero-order chi connectivity index (χ0) is 11.2. The minimum absolute atomic E-state index is 0.136. The quantitative estimate of drug-likeness (QED) is 0.686. The number of hydrogen-bond acceptors (Lipinski definition) is 3. The van der Waals surface area contributed by atoms with Crippen molar-refractivity contribution in [3.05, 3.63) is 28.0 Å². The predicted molar refractivity (Wildman–Crippen MR) is 57.7 cm³/mol. The normalized spacial score (nSPS) is 14.2. The molecule has 1 aromatic carbocycles. The third kappa shape index (κ3) is 1.35. The fraction of sp³-hybridized carbons (Fsp3) is 0.333. The summed E-state index contributed by atoms with van der Waals surface area (Å²) in [5, 5.41) is 19.7. The Bertz CT molecular complexity index is 459. The van der Waals surface area contributed by atoms with E-state index in [1.807, 2.05) is 19.9 Å². The van der Waals surface area contributed by atoms with Gasteiger partial charge in [0.25, 0.3) is 0 Å². The van der Waals surface area contributed by atoms with Crippen molar-refractivity contribution in [2.75, 3.05) is 0 Å². The van der Waals surface area contributed by atoms with Crippen LogP contribution in [0.2, 0.25) is 0 Å². The van der Waals surface area contributed by atoms with Crippen LogP contribution in [0.4, 0.5) is 0 Å². The Morgan fingerprint density at radius 3 is 2.40 bits per heavy atom. The molecule has 0 radical (unpaired) electrons. The lowest BCUT2D eigenvalue weighted by molar-refractivity contribution is 0.195. The van der Waals surface area contributed by atoms with E-state index in [0.717, 1.165) is 22.4 Å². The molecule has 3 heteroatoms. The molecule has 1 aromatic rings. The molecule has 0 amide bonds. The van der Waals surface area contributed by atoms with Crippen LogP contribution in [0.3, 0.4) is 0 Å². The molecule has 0 saturated carbocycles. The lowest BCUT2D eigenvalue weighted by atomic mass is 9.95. The number of allylic oxidation sites excluding steroid dienone is 1. The van der Waals surface area contributed by atoms with Gasteiger partial charge in [-0.2, -0.15) is 0 Å². The van der Waals surface area contributed by atoms with E-state index in [2.05, 4.69) is 0 Å². The second kappa shape index (κ2) is 3.19. The minimum Gasteiger partial charge on any atom is -0.507 e. The van der Waals surface area contributed by atoms with Gasteiger partial charge in [0.1, 0.15) is 18.1 Å². The van der Waals surface area contributed by atoms with Crippen LogP contribution in [0.5, 0.6) is 11.5 Å². The third-order valence-electron chi connectivity index (χ3n) is 2.87. The molecule has 15 heavy (non-hydrogen) atoms. The van der Waals surface area contributed by atoms with Crippen LogP contribution in [-0.4, -0.2) is 10.2 Å². The molecule has 1 heterocycles. The van der Waals surface area contributed by atoms with E-state index < -0.39 is 0 Å². The number of aromatic hydroxyl groups is 2. The summed E-state index contributed by atoms with van der Waals surface area (Å²) in [7, 11) is 0. The number of rotatable bonds is 0. The van der Waals surface area contributed by atoms with Gasteiger partial charge in [0.15, 0.2) is 0 Å². The Balaban J connectivity index is 2.78. The molecule has 1 aliphatic rings. The van der Waals surface area contributed by atoms with Crippen LogP contribution < -0.4 is 0 Å². The average Bonchev–Trinajstić information content (AvgIpc) is 2.23. The first-order chi connectivity index (χ1) is 7.02.